The second-order valence-electron chi connectivity index (χ2n) is 9.14. The minimum absolute atomic E-state index is 0.0813. The van der Waals surface area contributed by atoms with Gasteiger partial charge in [0.2, 0.25) is 0 Å². The first-order valence-corrected chi connectivity index (χ1v) is 11.0. The molecular weight excluding hydrogens is 422 g/mol. The molecule has 3 N–H and O–H groups in total. The lowest BCUT2D eigenvalue weighted by Crippen LogP contribution is -2.61. The summed E-state index contributed by atoms with van der Waals surface area (Å²) in [6, 6.07) is 10.5. The molecule has 1 aliphatic heterocycles. The lowest BCUT2D eigenvalue weighted by Gasteiger charge is -2.48. The number of benzene rings is 2. The Morgan fingerprint density at radius 1 is 1.21 bits per heavy atom. The van der Waals surface area contributed by atoms with Gasteiger partial charge in [-0.05, 0) is 50.1 Å². The first kappa shape index (κ1) is 21.6. The summed E-state index contributed by atoms with van der Waals surface area (Å²) in [5, 5.41) is 13.5. The maximum absolute atomic E-state index is 16.0. The van der Waals surface area contributed by atoms with Gasteiger partial charge in [0.15, 0.2) is 0 Å². The average Bonchev–Trinajstić information content (AvgIpc) is 3.17. The topological polar surface area (TPSA) is 64.2 Å². The quantitative estimate of drug-likeness (QED) is 0.410. The zero-order chi connectivity index (χ0) is 23.3. The fourth-order valence-corrected chi connectivity index (χ4v) is 4.65. The van der Waals surface area contributed by atoms with Gasteiger partial charge >= 0.3 is 0 Å². The number of para-hydroxylation sites is 1. The number of aliphatic hydroxyl groups is 1. The van der Waals surface area contributed by atoms with Crippen molar-refractivity contribution in [2.45, 2.75) is 45.4 Å². The van der Waals surface area contributed by atoms with Crippen LogP contribution < -0.4 is 10.4 Å². The fraction of sp³-hybridized carbons (Fsp3) is 0.269. The van der Waals surface area contributed by atoms with Gasteiger partial charge in [-0.2, -0.15) is 0 Å². The third-order valence-electron chi connectivity index (χ3n) is 6.71. The summed E-state index contributed by atoms with van der Waals surface area (Å²) < 4.78 is 31.5. The smallest absolute Gasteiger partial charge is 0.139 e. The molecule has 0 amide bonds. The van der Waals surface area contributed by atoms with Crippen LogP contribution in [-0.2, 0) is 13.0 Å². The molecule has 0 fully saturated rings. The summed E-state index contributed by atoms with van der Waals surface area (Å²) in [5.41, 5.74) is 6.23. The van der Waals surface area contributed by atoms with Gasteiger partial charge in [-0.25, -0.2) is 14.2 Å². The van der Waals surface area contributed by atoms with Gasteiger partial charge in [0.25, 0.3) is 0 Å². The van der Waals surface area contributed by atoms with Gasteiger partial charge in [-0.15, -0.1) is 0 Å². The molecule has 0 bridgehead atoms. The van der Waals surface area contributed by atoms with Crippen LogP contribution in [0.1, 0.15) is 30.5 Å². The van der Waals surface area contributed by atoms with Crippen molar-refractivity contribution in [3.8, 4) is 11.1 Å². The first-order valence-electron chi connectivity index (χ1n) is 11.0. The predicted octanol–water partition coefficient (Wildman–Crippen LogP) is 5.02. The Hall–Kier alpha value is -3.29. The van der Waals surface area contributed by atoms with Crippen LogP contribution in [0, 0.1) is 18.6 Å². The number of nitrogens with zero attached hydrogens (tertiary/aromatic N) is 2. The fourth-order valence-electron chi connectivity index (χ4n) is 4.65. The standard InChI is InChI=1S/C26H26F2N4O/c1-15-13-30-25-17(15)5-4-6-18(25)23-20(27)12-21-19(24(23)28)11-22(33)26(2,3)32(21)31-14-16-7-9-29-10-8-16/h4-10,12-13,22,30-31,33H,11,14H2,1-3H3/t22-/m0/s1. The van der Waals surface area contributed by atoms with Crippen molar-refractivity contribution in [2.24, 2.45) is 0 Å². The normalized spacial score (nSPS) is 17.4. The Bertz CT molecular complexity index is 1330. The molecule has 4 aromatic rings. The van der Waals surface area contributed by atoms with Crippen LogP contribution in [0.25, 0.3) is 22.0 Å². The van der Waals surface area contributed by atoms with Crippen LogP contribution in [0.2, 0.25) is 0 Å². The molecule has 3 heterocycles. The average molecular weight is 449 g/mol. The zero-order valence-corrected chi connectivity index (χ0v) is 18.8. The molecule has 2 aromatic heterocycles. The van der Waals surface area contributed by atoms with Crippen LogP contribution in [0.4, 0.5) is 14.5 Å². The number of fused-ring (bicyclic) bond motifs is 2. The highest BCUT2D eigenvalue weighted by Crippen LogP contribution is 2.43. The number of nitrogens with one attached hydrogen (secondary N) is 2. The van der Waals surface area contributed by atoms with Crippen LogP contribution in [0.15, 0.2) is 55.0 Å². The highest BCUT2D eigenvalue weighted by Gasteiger charge is 2.42. The number of aromatic amines is 1. The predicted molar refractivity (Wildman–Crippen MR) is 126 cm³/mol. The lowest BCUT2D eigenvalue weighted by molar-refractivity contribution is 0.0830. The minimum atomic E-state index is -0.855. The van der Waals surface area contributed by atoms with Crippen molar-refractivity contribution in [1.82, 2.24) is 15.4 Å². The van der Waals surface area contributed by atoms with E-state index in [1.54, 1.807) is 29.5 Å². The molecule has 5 rings (SSSR count). The van der Waals surface area contributed by atoms with E-state index in [0.717, 1.165) is 16.5 Å². The number of aliphatic hydroxyl groups excluding tert-OH is 1. The summed E-state index contributed by atoms with van der Waals surface area (Å²) in [4.78, 5) is 7.17. The number of rotatable bonds is 4. The highest BCUT2D eigenvalue weighted by molar-refractivity contribution is 5.96. The van der Waals surface area contributed by atoms with Gasteiger partial charge in [-0.3, -0.25) is 9.99 Å². The molecule has 0 spiro atoms. The highest BCUT2D eigenvalue weighted by atomic mass is 19.1. The third kappa shape index (κ3) is 3.48. The zero-order valence-electron chi connectivity index (χ0n) is 18.8. The summed E-state index contributed by atoms with van der Waals surface area (Å²) in [6.45, 7) is 6.08. The number of hydrogen-bond donors (Lipinski definition) is 3. The van der Waals surface area contributed by atoms with Crippen LogP contribution in [-0.4, -0.2) is 26.7 Å². The van der Waals surface area contributed by atoms with Gasteiger partial charge in [0.05, 0.1) is 28.4 Å². The van der Waals surface area contributed by atoms with E-state index in [9.17, 15) is 5.11 Å². The van der Waals surface area contributed by atoms with Crippen molar-refractivity contribution < 1.29 is 13.9 Å². The number of hydrogen-bond acceptors (Lipinski definition) is 4. The van der Waals surface area contributed by atoms with Gasteiger partial charge in [0.1, 0.15) is 11.6 Å². The molecular formula is C26H26F2N4O. The van der Waals surface area contributed by atoms with E-state index in [2.05, 4.69) is 15.4 Å². The molecule has 33 heavy (non-hydrogen) atoms. The van der Waals surface area contributed by atoms with E-state index in [4.69, 9.17) is 0 Å². The van der Waals surface area contributed by atoms with E-state index in [1.807, 2.05) is 45.2 Å². The number of aromatic nitrogens is 2. The third-order valence-corrected chi connectivity index (χ3v) is 6.71. The van der Waals surface area contributed by atoms with E-state index in [0.29, 0.717) is 28.9 Å². The number of anilines is 1. The van der Waals surface area contributed by atoms with Gasteiger partial charge in [-0.1, -0.05) is 18.2 Å². The molecule has 1 atom stereocenters. The summed E-state index contributed by atoms with van der Waals surface area (Å²) in [6.07, 6.45) is 4.45. The number of H-pyrrole nitrogens is 1. The molecule has 0 saturated carbocycles. The van der Waals surface area contributed by atoms with Crippen molar-refractivity contribution in [1.29, 1.82) is 0 Å². The molecule has 0 radical (unpaired) electrons. The van der Waals surface area contributed by atoms with E-state index >= 15 is 8.78 Å². The van der Waals surface area contributed by atoms with Crippen molar-refractivity contribution in [3.63, 3.8) is 0 Å². The molecule has 0 unspecified atom stereocenters. The Kier molecular flexibility index (Phi) is 5.18. The molecule has 0 saturated heterocycles. The first-order chi connectivity index (χ1) is 15.8. The Morgan fingerprint density at radius 2 is 1.97 bits per heavy atom. The second kappa shape index (κ2) is 7.93. The van der Waals surface area contributed by atoms with Crippen molar-refractivity contribution in [2.75, 3.05) is 5.01 Å². The summed E-state index contributed by atoms with van der Waals surface area (Å²) >= 11 is 0. The van der Waals surface area contributed by atoms with Crippen LogP contribution in [0.5, 0.6) is 0 Å². The minimum Gasteiger partial charge on any atom is -0.390 e. The van der Waals surface area contributed by atoms with Crippen molar-refractivity contribution in [3.05, 3.63) is 83.3 Å². The number of aryl methyl sites for hydroxylation is 1. The molecule has 5 nitrogen and oxygen atoms in total. The Labute approximate surface area is 191 Å². The SMILES string of the molecule is Cc1c[nH]c2c(-c3c(F)cc4c(c3F)C[C@H](O)C(C)(C)N4NCc3ccncc3)cccc12. The van der Waals surface area contributed by atoms with Crippen molar-refractivity contribution >= 4 is 16.6 Å². The van der Waals surface area contributed by atoms with Gasteiger partial charge < -0.3 is 10.1 Å². The number of halogens is 2. The molecule has 1 aliphatic rings. The molecule has 2 aromatic carbocycles. The largest absolute Gasteiger partial charge is 0.390 e. The second-order valence-corrected chi connectivity index (χ2v) is 9.14. The monoisotopic (exact) mass is 448 g/mol. The maximum atomic E-state index is 16.0. The van der Waals surface area contributed by atoms with Crippen LogP contribution >= 0.6 is 0 Å². The Morgan fingerprint density at radius 3 is 2.73 bits per heavy atom. The van der Waals surface area contributed by atoms with E-state index in [-0.39, 0.29) is 12.0 Å². The molecule has 170 valence electrons. The molecule has 7 heteroatoms. The lowest BCUT2D eigenvalue weighted by atomic mass is 9.83. The maximum Gasteiger partial charge on any atom is 0.139 e. The van der Waals surface area contributed by atoms with Crippen LogP contribution in [0.3, 0.4) is 0 Å². The molecule has 0 aliphatic carbocycles. The van der Waals surface area contributed by atoms with E-state index in [1.165, 1.54) is 6.07 Å². The summed E-state index contributed by atoms with van der Waals surface area (Å²) in [5.74, 6) is -1.29. The number of hydrazine groups is 1. The number of pyridine rings is 1. The van der Waals surface area contributed by atoms with Gasteiger partial charge in [0, 0.05) is 48.1 Å². The Balaban J connectivity index is 1.63. The van der Waals surface area contributed by atoms with E-state index < -0.39 is 23.3 Å². The summed E-state index contributed by atoms with van der Waals surface area (Å²) in [7, 11) is 0.